The highest BCUT2D eigenvalue weighted by atomic mass is 32.2. The van der Waals surface area contributed by atoms with E-state index in [1.165, 1.54) is 24.3 Å². The summed E-state index contributed by atoms with van der Waals surface area (Å²) in [7, 11) is 0. The SMILES string of the molecule is CC[C@@H](C)[C@@H]1NC(=O)[C@H](CCCN)NC(=O)[C@H](NC(=O)[C@H](NC(=O)[C@@H](CCC(=O)O)NC(=O)[C@@H](CC(C)C)NC(=O)[C@@H]2CSC([C@H](N)[C@H](C)CC)=N2)[C@H](C)CC)CCCCNC(=O)[C@@H](CC(N)=O)NC(=O)[C@@H](CC(=O)O)NC(=O)[C@@H](Cc2cnc[nH]2)NC(=O)[C@H](Cc2ccccc2)NC1=O. The summed E-state index contributed by atoms with van der Waals surface area (Å²) in [5.74, 6) is -15.4. The van der Waals surface area contributed by atoms with Crippen molar-refractivity contribution in [3.63, 3.8) is 0 Å². The van der Waals surface area contributed by atoms with Gasteiger partial charge in [-0.3, -0.25) is 72.1 Å². The molecule has 12 amide bonds. The van der Waals surface area contributed by atoms with Crippen molar-refractivity contribution in [1.82, 2.24) is 68.5 Å². The summed E-state index contributed by atoms with van der Waals surface area (Å²) in [4.78, 5) is 207. The van der Waals surface area contributed by atoms with E-state index in [-0.39, 0.29) is 94.9 Å². The number of imidazole rings is 1. The number of amides is 12. The van der Waals surface area contributed by atoms with Crippen LogP contribution in [0.15, 0.2) is 47.8 Å². The van der Waals surface area contributed by atoms with E-state index in [4.69, 9.17) is 17.2 Å². The highest BCUT2D eigenvalue weighted by Gasteiger charge is 2.40. The molecule has 15 atom stereocenters. The molecule has 3 heterocycles. The van der Waals surface area contributed by atoms with Crippen LogP contribution in [0.5, 0.6) is 0 Å². The topological polar surface area (TPSA) is 531 Å². The molecule has 1 saturated heterocycles. The summed E-state index contributed by atoms with van der Waals surface area (Å²) < 4.78 is 0. The van der Waals surface area contributed by atoms with E-state index < -0.39 is 193 Å². The Morgan fingerprint density at radius 1 is 0.660 bits per heavy atom. The normalized spacial score (nSPS) is 23.1. The number of aliphatic imine (C=N–C) groups is 1. The molecular formula is C66H103N17O16S. The van der Waals surface area contributed by atoms with Crippen molar-refractivity contribution in [3.8, 4) is 0 Å². The molecule has 0 spiro atoms. The molecule has 0 saturated carbocycles. The minimum atomic E-state index is -1.94. The van der Waals surface area contributed by atoms with Gasteiger partial charge in [-0.1, -0.05) is 105 Å². The Morgan fingerprint density at radius 3 is 1.85 bits per heavy atom. The first-order valence-corrected chi connectivity index (χ1v) is 35.1. The molecule has 1 aromatic carbocycles. The molecule has 0 unspecified atom stereocenters. The van der Waals surface area contributed by atoms with Crippen molar-refractivity contribution >= 4 is 99.6 Å². The number of aliphatic carboxylic acids is 2. The highest BCUT2D eigenvalue weighted by molar-refractivity contribution is 8.14. The van der Waals surface area contributed by atoms with Crippen molar-refractivity contribution in [2.75, 3.05) is 18.8 Å². The summed E-state index contributed by atoms with van der Waals surface area (Å²) in [6, 6.07) is -8.34. The van der Waals surface area contributed by atoms with Gasteiger partial charge in [0.25, 0.3) is 0 Å². The van der Waals surface area contributed by atoms with Crippen LogP contribution in [0.4, 0.5) is 0 Å². The third-order valence-corrected chi connectivity index (χ3v) is 18.6. The van der Waals surface area contributed by atoms with Crippen molar-refractivity contribution in [3.05, 3.63) is 54.1 Å². The number of carbonyl (C=O) groups excluding carboxylic acids is 12. The lowest BCUT2D eigenvalue weighted by molar-refractivity contribution is -0.142. The molecule has 2 aromatic rings. The van der Waals surface area contributed by atoms with Gasteiger partial charge in [0.2, 0.25) is 70.9 Å². The van der Waals surface area contributed by atoms with Crippen LogP contribution >= 0.6 is 11.8 Å². The molecule has 20 N–H and O–H groups in total. The number of rotatable bonds is 31. The molecule has 2 aliphatic heterocycles. The predicted octanol–water partition coefficient (Wildman–Crippen LogP) is -1.68. The Kier molecular flexibility index (Phi) is 35.1. The van der Waals surface area contributed by atoms with Crippen LogP contribution < -0.4 is 75.7 Å². The van der Waals surface area contributed by atoms with Gasteiger partial charge < -0.3 is 90.9 Å². The fourth-order valence-corrected chi connectivity index (χ4v) is 12.0. The summed E-state index contributed by atoms with van der Waals surface area (Å²) >= 11 is 1.35. The van der Waals surface area contributed by atoms with Gasteiger partial charge in [0, 0.05) is 43.5 Å². The van der Waals surface area contributed by atoms with Crippen molar-refractivity contribution in [1.29, 1.82) is 0 Å². The van der Waals surface area contributed by atoms with E-state index in [1.807, 2.05) is 27.7 Å². The van der Waals surface area contributed by atoms with Crippen LogP contribution in [0, 0.1) is 23.7 Å². The van der Waals surface area contributed by atoms with E-state index in [2.05, 4.69) is 73.4 Å². The van der Waals surface area contributed by atoms with Crippen LogP contribution in [-0.4, -0.2) is 199 Å². The minimum Gasteiger partial charge on any atom is -0.481 e. The molecule has 2 aliphatic rings. The van der Waals surface area contributed by atoms with Crippen LogP contribution in [-0.2, 0) is 80.0 Å². The van der Waals surface area contributed by atoms with Gasteiger partial charge >= 0.3 is 11.9 Å². The van der Waals surface area contributed by atoms with Crippen molar-refractivity contribution < 1.29 is 77.3 Å². The number of thioether (sulfide) groups is 1. The van der Waals surface area contributed by atoms with E-state index in [9.17, 15) is 77.3 Å². The van der Waals surface area contributed by atoms with Gasteiger partial charge in [0.05, 0.1) is 30.3 Å². The van der Waals surface area contributed by atoms with Crippen LogP contribution in [0.1, 0.15) is 150 Å². The van der Waals surface area contributed by atoms with E-state index in [0.717, 1.165) is 6.42 Å². The smallest absolute Gasteiger partial charge is 0.305 e. The molecule has 0 bridgehead atoms. The van der Waals surface area contributed by atoms with Crippen LogP contribution in [0.25, 0.3) is 0 Å². The molecule has 33 nitrogen and oxygen atoms in total. The first-order valence-electron chi connectivity index (χ1n) is 34.1. The van der Waals surface area contributed by atoms with Gasteiger partial charge in [0.15, 0.2) is 0 Å². The van der Waals surface area contributed by atoms with Gasteiger partial charge in [-0.15, -0.1) is 11.8 Å². The van der Waals surface area contributed by atoms with Crippen LogP contribution in [0.2, 0.25) is 0 Å². The van der Waals surface area contributed by atoms with Crippen molar-refractivity contribution in [2.45, 2.75) is 224 Å². The summed E-state index contributed by atoms with van der Waals surface area (Å²) in [6.07, 6.45) is 0.368. The molecule has 554 valence electrons. The maximum Gasteiger partial charge on any atom is 0.305 e. The third-order valence-electron chi connectivity index (χ3n) is 17.5. The van der Waals surface area contributed by atoms with Gasteiger partial charge in [0.1, 0.15) is 66.5 Å². The van der Waals surface area contributed by atoms with Gasteiger partial charge in [-0.25, -0.2) is 4.98 Å². The number of primary amides is 1. The predicted molar refractivity (Wildman–Crippen MR) is 369 cm³/mol. The Labute approximate surface area is 586 Å². The number of hydrogen-bond acceptors (Lipinski definition) is 19. The number of nitrogens with zero attached hydrogens (tertiary/aromatic N) is 2. The quantitative estimate of drug-likeness (QED) is 0.0401. The second kappa shape index (κ2) is 42.1. The fourth-order valence-electron chi connectivity index (χ4n) is 10.9. The minimum absolute atomic E-state index is 0.00117. The molecule has 1 aromatic heterocycles. The Bertz CT molecular complexity index is 3160. The molecule has 0 radical (unpaired) electrons. The average Bonchev–Trinajstić information content (AvgIpc) is 1.24. The number of carbonyl (C=O) groups is 14. The largest absolute Gasteiger partial charge is 0.481 e. The Balaban J connectivity index is 1.77. The number of benzene rings is 1. The third kappa shape index (κ3) is 27.6. The zero-order valence-electron chi connectivity index (χ0n) is 58.2. The first kappa shape index (κ1) is 83.4. The zero-order chi connectivity index (χ0) is 74.3. The van der Waals surface area contributed by atoms with Crippen LogP contribution in [0.3, 0.4) is 0 Å². The van der Waals surface area contributed by atoms with E-state index in [1.54, 1.807) is 58.0 Å². The fraction of sp³-hybridized carbons (Fsp3) is 0.636. The lowest BCUT2D eigenvalue weighted by Gasteiger charge is -2.30. The zero-order valence-corrected chi connectivity index (χ0v) is 59.0. The molecular weight excluding hydrogens is 1320 g/mol. The number of nitrogens with one attached hydrogen (secondary N) is 12. The number of nitrogens with two attached hydrogens (primary N) is 3. The number of aromatic nitrogens is 2. The molecule has 4 rings (SSSR count). The number of carboxylic acids is 2. The number of hydrogen-bond donors (Lipinski definition) is 17. The lowest BCUT2D eigenvalue weighted by Crippen LogP contribution is -2.62. The van der Waals surface area contributed by atoms with Gasteiger partial charge in [-0.05, 0) is 80.7 Å². The lowest BCUT2D eigenvalue weighted by atomic mass is 9.96. The Morgan fingerprint density at radius 2 is 1.26 bits per heavy atom. The Hall–Kier alpha value is -9.05. The maximum absolute atomic E-state index is 14.9. The number of H-pyrrole nitrogens is 1. The molecule has 100 heavy (non-hydrogen) atoms. The molecule has 1 fully saturated rings. The number of carboxylic acid groups (broad SMARTS) is 2. The second-order valence-electron chi connectivity index (χ2n) is 26.0. The molecule has 0 aliphatic carbocycles. The second-order valence-corrected chi connectivity index (χ2v) is 27.0. The maximum atomic E-state index is 14.9. The number of aromatic amines is 1. The average molecular weight is 1420 g/mol. The monoisotopic (exact) mass is 1420 g/mol. The molecule has 34 heteroatoms. The summed E-state index contributed by atoms with van der Waals surface area (Å²) in [6.45, 7) is 14.1. The van der Waals surface area contributed by atoms with Crippen molar-refractivity contribution in [2.24, 2.45) is 45.9 Å². The summed E-state index contributed by atoms with van der Waals surface area (Å²) in [5, 5.41) is 49.1. The highest BCUT2D eigenvalue weighted by Crippen LogP contribution is 2.25. The van der Waals surface area contributed by atoms with Gasteiger partial charge in [-0.2, -0.15) is 0 Å². The summed E-state index contributed by atoms with van der Waals surface area (Å²) in [5.41, 5.74) is 18.7. The van der Waals surface area contributed by atoms with E-state index in [0.29, 0.717) is 16.3 Å². The van der Waals surface area contributed by atoms with E-state index >= 15 is 0 Å². The first-order chi connectivity index (χ1) is 47.4. The standard InChI is InChI=1S/C66H103N17O16S/c1-9-35(6)52(69)66-81-48(32-100-66)63(97)76-43(26-34(4)5)59(93)74-42(22-23-50(85)86)58(92)83-53(36(7)10-2)64(98)75-40-20-15-16-25-71-55(89)46(29-49(68)84)78-62(96)47(30-51(87)88)79-61(95)45(28-39-31-70-33-72-39)77-60(94)44(27-38-18-13-12-14-19-38)80-65(99)54(37(8)11-3)82-57(91)41(21-17-24-67)73-56(40)90/h12-14,18-19,31,33-37,40-48,52-54H,9-11,15-17,20-30,32,67,69H2,1-8H3,(H2,68,84)(H,70,72)(H,71,89)(H,73,90)(H,74,93)(H,75,98)(H,76,97)(H,77,94)(H,78,96)(H,79,95)(H,80,99)(H,82,91)(H,83,92)(H,85,86)(H,87,88)/t35-,36-,37-,40-,41+,42-,43-,44+,45-,46-,47-,48+,52-,53-,54+/m1/s1.